The summed E-state index contributed by atoms with van der Waals surface area (Å²) in [4.78, 5) is 4.07. The largest absolute Gasteiger partial charge is 0.339 e. The molecule has 2 nitrogen and oxygen atoms in total. The molecule has 1 aromatic heterocycles. The van der Waals surface area contributed by atoms with E-state index in [0.29, 0.717) is 21.7 Å². The Morgan fingerprint density at radius 2 is 1.84 bits per heavy atom. The van der Waals surface area contributed by atoms with Crippen molar-refractivity contribution in [2.45, 2.75) is 13.8 Å². The van der Waals surface area contributed by atoms with Crippen LogP contribution in [-0.4, -0.2) is 4.98 Å². The third kappa shape index (κ3) is 2.80. The van der Waals surface area contributed by atoms with Gasteiger partial charge in [0.25, 0.3) is 0 Å². The fraction of sp³-hybridized carbons (Fsp3) is 0.154. The van der Waals surface area contributed by atoms with E-state index in [1.165, 1.54) is 13.0 Å². The Morgan fingerprint density at radius 1 is 1.16 bits per heavy atom. The van der Waals surface area contributed by atoms with E-state index in [0.717, 1.165) is 11.6 Å². The number of aromatic nitrogens is 1. The fourth-order valence-corrected chi connectivity index (χ4v) is 1.95. The van der Waals surface area contributed by atoms with Gasteiger partial charge in [-0.15, -0.1) is 0 Å². The summed E-state index contributed by atoms with van der Waals surface area (Å²) in [6, 6.07) is 4.10. The van der Waals surface area contributed by atoms with Gasteiger partial charge in [-0.2, -0.15) is 0 Å². The van der Waals surface area contributed by atoms with E-state index in [1.54, 1.807) is 13.0 Å². The number of rotatable bonds is 2. The Kier molecular flexibility index (Phi) is 3.92. The van der Waals surface area contributed by atoms with E-state index >= 15 is 0 Å². The maximum atomic E-state index is 13.4. The summed E-state index contributed by atoms with van der Waals surface area (Å²) in [7, 11) is 0. The Balaban J connectivity index is 2.42. The number of benzene rings is 1. The second-order valence-electron chi connectivity index (χ2n) is 4.09. The first-order valence-electron chi connectivity index (χ1n) is 5.44. The molecule has 0 radical (unpaired) electrons. The van der Waals surface area contributed by atoms with Crippen LogP contribution in [0.1, 0.15) is 11.1 Å². The highest BCUT2D eigenvalue weighted by Gasteiger charge is 2.12. The third-order valence-corrected chi connectivity index (χ3v) is 3.37. The molecule has 19 heavy (non-hydrogen) atoms. The van der Waals surface area contributed by atoms with Crippen molar-refractivity contribution in [2.75, 3.05) is 5.32 Å². The molecule has 0 amide bonds. The average Bonchev–Trinajstić information content (AvgIpc) is 2.36. The van der Waals surface area contributed by atoms with Crippen LogP contribution in [-0.2, 0) is 0 Å². The van der Waals surface area contributed by atoms with E-state index in [2.05, 4.69) is 10.3 Å². The van der Waals surface area contributed by atoms with Crippen LogP contribution in [0.5, 0.6) is 0 Å². The molecule has 0 bridgehead atoms. The third-order valence-electron chi connectivity index (χ3n) is 2.70. The minimum absolute atomic E-state index is 0.148. The van der Waals surface area contributed by atoms with Gasteiger partial charge < -0.3 is 5.32 Å². The van der Waals surface area contributed by atoms with Crippen LogP contribution in [0.15, 0.2) is 18.2 Å². The molecular weight excluding hydrogens is 293 g/mol. The highest BCUT2D eigenvalue weighted by atomic mass is 35.5. The van der Waals surface area contributed by atoms with Gasteiger partial charge in [0.05, 0.1) is 5.02 Å². The first-order chi connectivity index (χ1) is 8.90. The fourth-order valence-electron chi connectivity index (χ4n) is 1.56. The second kappa shape index (κ2) is 5.31. The smallest absolute Gasteiger partial charge is 0.163 e. The maximum absolute atomic E-state index is 13.4. The molecule has 1 aromatic carbocycles. The lowest BCUT2D eigenvalue weighted by Crippen LogP contribution is -2.00. The van der Waals surface area contributed by atoms with Crippen LogP contribution in [0.2, 0.25) is 10.2 Å². The number of nitrogens with zero attached hydrogens (tertiary/aromatic N) is 1. The van der Waals surface area contributed by atoms with Crippen molar-refractivity contribution in [1.82, 2.24) is 4.98 Å². The minimum Gasteiger partial charge on any atom is -0.339 e. The van der Waals surface area contributed by atoms with Crippen molar-refractivity contribution >= 4 is 34.7 Å². The van der Waals surface area contributed by atoms with E-state index in [4.69, 9.17) is 23.2 Å². The summed E-state index contributed by atoms with van der Waals surface area (Å²) in [6.45, 7) is 3.23. The van der Waals surface area contributed by atoms with Gasteiger partial charge in [0, 0.05) is 11.3 Å². The molecule has 0 aliphatic rings. The number of pyridine rings is 1. The summed E-state index contributed by atoms with van der Waals surface area (Å²) in [5, 5.41) is 3.49. The minimum atomic E-state index is -0.903. The molecule has 1 N–H and O–H groups in total. The van der Waals surface area contributed by atoms with Crippen molar-refractivity contribution in [1.29, 1.82) is 0 Å². The highest BCUT2D eigenvalue weighted by Crippen LogP contribution is 2.30. The zero-order chi connectivity index (χ0) is 14.2. The van der Waals surface area contributed by atoms with Crippen molar-refractivity contribution in [3.63, 3.8) is 0 Å². The van der Waals surface area contributed by atoms with E-state index in [1.807, 2.05) is 0 Å². The molecule has 0 atom stereocenters. The molecule has 0 saturated heterocycles. The first kappa shape index (κ1) is 14.0. The normalized spacial score (nSPS) is 10.6. The van der Waals surface area contributed by atoms with Gasteiger partial charge >= 0.3 is 0 Å². The Bertz CT molecular complexity index is 645. The molecule has 1 heterocycles. The van der Waals surface area contributed by atoms with Gasteiger partial charge in [-0.3, -0.25) is 0 Å². The number of anilines is 2. The van der Waals surface area contributed by atoms with Crippen molar-refractivity contribution in [3.05, 3.63) is 51.1 Å². The quantitative estimate of drug-likeness (QED) is 0.787. The topological polar surface area (TPSA) is 24.9 Å². The van der Waals surface area contributed by atoms with Crippen LogP contribution >= 0.6 is 23.2 Å². The van der Waals surface area contributed by atoms with Crippen LogP contribution in [0.3, 0.4) is 0 Å². The van der Waals surface area contributed by atoms with E-state index in [9.17, 15) is 8.78 Å². The van der Waals surface area contributed by atoms with Crippen molar-refractivity contribution < 1.29 is 8.78 Å². The summed E-state index contributed by atoms with van der Waals surface area (Å²) >= 11 is 11.9. The molecule has 100 valence electrons. The SMILES string of the molecule is Cc1cc(Cl)c(Nc2ccc(F)c(F)c2C)nc1Cl. The van der Waals surface area contributed by atoms with Gasteiger partial charge in [-0.25, -0.2) is 13.8 Å². The van der Waals surface area contributed by atoms with Gasteiger partial charge in [-0.05, 0) is 37.6 Å². The average molecular weight is 303 g/mol. The lowest BCUT2D eigenvalue weighted by atomic mass is 10.2. The zero-order valence-corrected chi connectivity index (χ0v) is 11.7. The van der Waals surface area contributed by atoms with Crippen LogP contribution in [0, 0.1) is 25.5 Å². The predicted octanol–water partition coefficient (Wildman–Crippen LogP) is 5.03. The van der Waals surface area contributed by atoms with Crippen molar-refractivity contribution in [2.24, 2.45) is 0 Å². The molecule has 0 spiro atoms. The summed E-state index contributed by atoms with van der Waals surface area (Å²) in [6.07, 6.45) is 0. The number of hydrogen-bond donors (Lipinski definition) is 1. The van der Waals surface area contributed by atoms with Gasteiger partial charge in [0.1, 0.15) is 5.15 Å². The number of hydrogen-bond acceptors (Lipinski definition) is 2. The van der Waals surface area contributed by atoms with E-state index in [-0.39, 0.29) is 5.56 Å². The molecule has 2 rings (SSSR count). The molecule has 6 heteroatoms. The molecule has 0 saturated carbocycles. The zero-order valence-electron chi connectivity index (χ0n) is 10.2. The van der Waals surface area contributed by atoms with Gasteiger partial charge in [-0.1, -0.05) is 23.2 Å². The standard InChI is InChI=1S/C13H10Cl2F2N2/c1-6-5-8(14)13(19-12(6)15)18-10-4-3-9(16)11(17)7(10)2/h3-5H,1-2H3,(H,18,19). The first-order valence-corrected chi connectivity index (χ1v) is 6.20. The second-order valence-corrected chi connectivity index (χ2v) is 4.85. The molecule has 0 aliphatic heterocycles. The van der Waals surface area contributed by atoms with Crippen LogP contribution in [0.25, 0.3) is 0 Å². The maximum Gasteiger partial charge on any atom is 0.163 e. The monoisotopic (exact) mass is 302 g/mol. The number of aryl methyl sites for hydroxylation is 1. The Labute approximate surface area is 119 Å². The summed E-state index contributed by atoms with van der Waals surface area (Å²) in [5.74, 6) is -1.50. The number of halogens is 4. The Morgan fingerprint density at radius 3 is 2.53 bits per heavy atom. The predicted molar refractivity (Wildman–Crippen MR) is 73.4 cm³/mol. The van der Waals surface area contributed by atoms with Crippen LogP contribution in [0.4, 0.5) is 20.3 Å². The molecule has 0 aliphatic carbocycles. The molecule has 0 unspecified atom stereocenters. The molecule has 2 aromatic rings. The highest BCUT2D eigenvalue weighted by molar-refractivity contribution is 6.34. The summed E-state index contributed by atoms with van der Waals surface area (Å²) < 4.78 is 26.5. The van der Waals surface area contributed by atoms with Crippen molar-refractivity contribution in [3.8, 4) is 0 Å². The van der Waals surface area contributed by atoms with Gasteiger partial charge in [0.2, 0.25) is 0 Å². The van der Waals surface area contributed by atoms with Crippen LogP contribution < -0.4 is 5.32 Å². The summed E-state index contributed by atoms with van der Waals surface area (Å²) in [5.41, 5.74) is 1.27. The Hall–Kier alpha value is -1.39. The molecule has 0 fully saturated rings. The lowest BCUT2D eigenvalue weighted by Gasteiger charge is -2.12. The van der Waals surface area contributed by atoms with E-state index < -0.39 is 11.6 Å². The number of nitrogens with one attached hydrogen (secondary N) is 1. The van der Waals surface area contributed by atoms with Gasteiger partial charge in [0.15, 0.2) is 17.5 Å². The molecular formula is C13H10Cl2F2N2. The lowest BCUT2D eigenvalue weighted by molar-refractivity contribution is 0.504.